The lowest BCUT2D eigenvalue weighted by molar-refractivity contribution is 0.0507. The molecule has 1 N–H and O–H groups in total. The van der Waals surface area contributed by atoms with Crippen LogP contribution in [-0.4, -0.2) is 10.7 Å². The van der Waals surface area contributed by atoms with Crippen LogP contribution in [0.5, 0.6) is 0 Å². The van der Waals surface area contributed by atoms with Crippen molar-refractivity contribution in [1.82, 2.24) is 0 Å². The summed E-state index contributed by atoms with van der Waals surface area (Å²) in [5, 5.41) is 9.62. The van der Waals surface area contributed by atoms with Crippen molar-refractivity contribution in [3.8, 4) is 0 Å². The van der Waals surface area contributed by atoms with Gasteiger partial charge >= 0.3 is 0 Å². The minimum Gasteiger partial charge on any atom is -0.386 e. The molecule has 0 radical (unpaired) electrons. The first-order chi connectivity index (χ1) is 4.41. The summed E-state index contributed by atoms with van der Waals surface area (Å²) in [6, 6.07) is 0. The monoisotopic (exact) mass is 140 g/mol. The van der Waals surface area contributed by atoms with E-state index in [0.29, 0.717) is 0 Å². The summed E-state index contributed by atoms with van der Waals surface area (Å²) in [6.45, 7) is 6.24. The molecule has 1 aliphatic carbocycles. The molecule has 0 saturated heterocycles. The first-order valence-electron chi connectivity index (χ1n) is 3.81. The van der Waals surface area contributed by atoms with Crippen molar-refractivity contribution in [2.45, 2.75) is 39.2 Å². The minimum absolute atomic E-state index is 0.276. The second-order valence-electron chi connectivity index (χ2n) is 4.30. The molecular weight excluding hydrogens is 124 g/mol. The van der Waals surface area contributed by atoms with Gasteiger partial charge in [-0.25, -0.2) is 0 Å². The Labute approximate surface area is 62.8 Å². The summed E-state index contributed by atoms with van der Waals surface area (Å²) in [7, 11) is 0. The average Bonchev–Trinajstić information content (AvgIpc) is 1.56. The lowest BCUT2D eigenvalue weighted by Crippen LogP contribution is -2.32. The number of hydrogen-bond donors (Lipinski definition) is 1. The zero-order valence-electron chi connectivity index (χ0n) is 7.02. The van der Waals surface area contributed by atoms with E-state index >= 15 is 0 Å². The van der Waals surface area contributed by atoms with Crippen molar-refractivity contribution in [3.63, 3.8) is 0 Å². The van der Waals surface area contributed by atoms with E-state index in [-0.39, 0.29) is 5.41 Å². The third-order valence-electron chi connectivity index (χ3n) is 1.98. The van der Waals surface area contributed by atoms with E-state index < -0.39 is 5.60 Å². The number of aliphatic hydroxyl groups is 1. The lowest BCUT2D eigenvalue weighted by atomic mass is 9.74. The Bertz CT molecular complexity index is 154. The normalized spacial score (nSPS) is 38.0. The Balaban J connectivity index is 2.73. The fraction of sp³-hybridized carbons (Fsp3) is 0.778. The molecule has 10 heavy (non-hydrogen) atoms. The molecule has 1 nitrogen and oxygen atoms in total. The smallest absolute Gasteiger partial charge is 0.0804 e. The Morgan fingerprint density at radius 1 is 1.30 bits per heavy atom. The second kappa shape index (κ2) is 2.09. The fourth-order valence-corrected chi connectivity index (χ4v) is 1.73. The van der Waals surface area contributed by atoms with Gasteiger partial charge in [-0.1, -0.05) is 26.0 Å². The quantitative estimate of drug-likeness (QED) is 0.511. The molecule has 0 saturated carbocycles. The number of rotatable bonds is 0. The van der Waals surface area contributed by atoms with Crippen LogP contribution in [0, 0.1) is 5.41 Å². The van der Waals surface area contributed by atoms with Crippen molar-refractivity contribution in [2.24, 2.45) is 5.41 Å². The zero-order chi connectivity index (χ0) is 7.83. The molecular formula is C9H16O. The van der Waals surface area contributed by atoms with Crippen molar-refractivity contribution in [2.75, 3.05) is 0 Å². The van der Waals surface area contributed by atoms with E-state index in [2.05, 4.69) is 19.9 Å². The van der Waals surface area contributed by atoms with E-state index in [1.54, 1.807) is 0 Å². The summed E-state index contributed by atoms with van der Waals surface area (Å²) in [6.07, 6.45) is 5.93. The standard InChI is InChI=1S/C9H16O/c1-8(2)5-4-6-9(3,10)7-8/h4,6,10H,5,7H2,1-3H3/t9-/m1/s1. The van der Waals surface area contributed by atoms with Gasteiger partial charge < -0.3 is 5.11 Å². The molecule has 1 heteroatoms. The third-order valence-corrected chi connectivity index (χ3v) is 1.98. The van der Waals surface area contributed by atoms with Crippen LogP contribution in [0.25, 0.3) is 0 Å². The summed E-state index contributed by atoms with van der Waals surface area (Å²) in [4.78, 5) is 0. The zero-order valence-corrected chi connectivity index (χ0v) is 7.02. The maximum absolute atomic E-state index is 9.62. The van der Waals surface area contributed by atoms with Crippen LogP contribution >= 0.6 is 0 Å². The van der Waals surface area contributed by atoms with Gasteiger partial charge in [0.05, 0.1) is 5.60 Å². The topological polar surface area (TPSA) is 20.2 Å². The molecule has 0 aromatic rings. The summed E-state index contributed by atoms with van der Waals surface area (Å²) in [5.74, 6) is 0. The van der Waals surface area contributed by atoms with Crippen LogP contribution in [0.15, 0.2) is 12.2 Å². The van der Waals surface area contributed by atoms with Gasteiger partial charge in [0.2, 0.25) is 0 Å². The van der Waals surface area contributed by atoms with Crippen molar-refractivity contribution < 1.29 is 5.11 Å². The van der Waals surface area contributed by atoms with Crippen LogP contribution in [0.4, 0.5) is 0 Å². The van der Waals surface area contributed by atoms with Gasteiger partial charge in [-0.05, 0) is 25.2 Å². The van der Waals surface area contributed by atoms with E-state index in [4.69, 9.17) is 0 Å². The van der Waals surface area contributed by atoms with Crippen molar-refractivity contribution >= 4 is 0 Å². The predicted molar refractivity (Wildman–Crippen MR) is 42.8 cm³/mol. The minimum atomic E-state index is -0.568. The Morgan fingerprint density at radius 3 is 2.20 bits per heavy atom. The molecule has 0 unspecified atom stereocenters. The average molecular weight is 140 g/mol. The van der Waals surface area contributed by atoms with Crippen LogP contribution < -0.4 is 0 Å². The fourth-order valence-electron chi connectivity index (χ4n) is 1.73. The molecule has 0 aromatic carbocycles. The highest BCUT2D eigenvalue weighted by Gasteiger charge is 2.30. The highest BCUT2D eigenvalue weighted by molar-refractivity contribution is 5.07. The maximum atomic E-state index is 9.62. The third kappa shape index (κ3) is 1.84. The second-order valence-corrected chi connectivity index (χ2v) is 4.30. The first kappa shape index (κ1) is 7.80. The predicted octanol–water partition coefficient (Wildman–Crippen LogP) is 2.11. The van der Waals surface area contributed by atoms with Crippen LogP contribution in [0.3, 0.4) is 0 Å². The number of hydrogen-bond acceptors (Lipinski definition) is 1. The molecule has 0 heterocycles. The highest BCUT2D eigenvalue weighted by Crippen LogP contribution is 2.36. The van der Waals surface area contributed by atoms with Crippen LogP contribution in [0.2, 0.25) is 0 Å². The van der Waals surface area contributed by atoms with Gasteiger partial charge in [0.1, 0.15) is 0 Å². The van der Waals surface area contributed by atoms with E-state index in [1.807, 2.05) is 13.0 Å². The van der Waals surface area contributed by atoms with Gasteiger partial charge in [-0.3, -0.25) is 0 Å². The summed E-state index contributed by atoms with van der Waals surface area (Å²) in [5.41, 5.74) is -0.292. The summed E-state index contributed by atoms with van der Waals surface area (Å²) < 4.78 is 0. The van der Waals surface area contributed by atoms with Gasteiger partial charge in [-0.15, -0.1) is 0 Å². The molecule has 58 valence electrons. The molecule has 1 rings (SSSR count). The molecule has 0 aromatic heterocycles. The SMILES string of the molecule is CC1(C)CC=C[C@@](C)(O)C1. The van der Waals surface area contributed by atoms with E-state index in [1.165, 1.54) is 0 Å². The van der Waals surface area contributed by atoms with E-state index in [9.17, 15) is 5.11 Å². The molecule has 1 aliphatic rings. The molecule has 0 fully saturated rings. The van der Waals surface area contributed by atoms with Gasteiger partial charge in [0.25, 0.3) is 0 Å². The molecule has 1 atom stereocenters. The first-order valence-corrected chi connectivity index (χ1v) is 3.81. The highest BCUT2D eigenvalue weighted by atomic mass is 16.3. The Morgan fingerprint density at radius 2 is 1.90 bits per heavy atom. The molecule has 0 aliphatic heterocycles. The lowest BCUT2D eigenvalue weighted by Gasteiger charge is -2.34. The molecule has 0 amide bonds. The van der Waals surface area contributed by atoms with Crippen molar-refractivity contribution in [1.29, 1.82) is 0 Å². The van der Waals surface area contributed by atoms with Gasteiger partial charge in [-0.2, -0.15) is 0 Å². The summed E-state index contributed by atoms with van der Waals surface area (Å²) >= 11 is 0. The largest absolute Gasteiger partial charge is 0.386 e. The van der Waals surface area contributed by atoms with Gasteiger partial charge in [0.15, 0.2) is 0 Å². The molecule has 0 spiro atoms. The van der Waals surface area contributed by atoms with E-state index in [0.717, 1.165) is 12.8 Å². The number of allylic oxidation sites excluding steroid dienone is 1. The van der Waals surface area contributed by atoms with Crippen LogP contribution in [-0.2, 0) is 0 Å². The van der Waals surface area contributed by atoms with Crippen LogP contribution in [0.1, 0.15) is 33.6 Å². The Hall–Kier alpha value is -0.300. The maximum Gasteiger partial charge on any atom is 0.0804 e. The molecule has 0 bridgehead atoms. The van der Waals surface area contributed by atoms with Crippen molar-refractivity contribution in [3.05, 3.63) is 12.2 Å². The van der Waals surface area contributed by atoms with Gasteiger partial charge in [0, 0.05) is 0 Å². The Kier molecular flexibility index (Phi) is 1.63.